The lowest BCUT2D eigenvalue weighted by molar-refractivity contribution is -0.140. The molecule has 0 saturated carbocycles. The van der Waals surface area contributed by atoms with Crippen LogP contribution in [0.5, 0.6) is 0 Å². The summed E-state index contributed by atoms with van der Waals surface area (Å²) in [5.41, 5.74) is 2.04. The van der Waals surface area contributed by atoms with E-state index in [0.29, 0.717) is 30.3 Å². The minimum atomic E-state index is -0.562. The Balaban J connectivity index is 2.06. The molecule has 4 nitrogen and oxygen atoms in total. The van der Waals surface area contributed by atoms with Gasteiger partial charge in [0.2, 0.25) is 11.8 Å². The van der Waals surface area contributed by atoms with Crippen LogP contribution in [-0.2, 0) is 16.1 Å². The molecule has 0 saturated heterocycles. The summed E-state index contributed by atoms with van der Waals surface area (Å²) in [6, 6.07) is 15.1. The van der Waals surface area contributed by atoms with E-state index in [1.54, 1.807) is 29.7 Å². The Hall–Kier alpha value is -1.98. The number of benzene rings is 2. The van der Waals surface area contributed by atoms with Crippen molar-refractivity contribution in [2.24, 2.45) is 0 Å². The molecule has 150 valence electrons. The first-order chi connectivity index (χ1) is 13.4. The number of likely N-dealkylation sites (N-methyl/N-ethyl adjacent to an activating group) is 1. The molecule has 0 aliphatic carbocycles. The smallest absolute Gasteiger partial charge is 0.242 e. The first-order valence-electron chi connectivity index (χ1n) is 9.42. The number of carbonyl (C=O) groups is 2. The van der Waals surface area contributed by atoms with Crippen LogP contribution in [0.4, 0.5) is 0 Å². The van der Waals surface area contributed by atoms with Crippen molar-refractivity contribution >= 4 is 35.2 Å². The average Bonchev–Trinajstić information content (AvgIpc) is 2.68. The predicted octanol–water partition coefficient (Wildman–Crippen LogP) is 4.68. The van der Waals surface area contributed by atoms with Crippen LogP contribution < -0.4 is 5.32 Å². The van der Waals surface area contributed by atoms with Gasteiger partial charge in [0.25, 0.3) is 0 Å². The van der Waals surface area contributed by atoms with E-state index in [0.717, 1.165) is 10.5 Å². The van der Waals surface area contributed by atoms with Crippen LogP contribution in [-0.4, -0.2) is 35.1 Å². The Morgan fingerprint density at radius 3 is 2.46 bits per heavy atom. The number of amides is 2. The zero-order valence-electron chi connectivity index (χ0n) is 16.6. The Kier molecular flexibility index (Phi) is 8.87. The number of aryl methyl sites for hydroxylation is 1. The Morgan fingerprint density at radius 1 is 1.14 bits per heavy atom. The van der Waals surface area contributed by atoms with Crippen molar-refractivity contribution in [3.8, 4) is 0 Å². The molecule has 2 rings (SSSR count). The minimum Gasteiger partial charge on any atom is -0.355 e. The van der Waals surface area contributed by atoms with Gasteiger partial charge in [0, 0.05) is 35.2 Å². The van der Waals surface area contributed by atoms with Gasteiger partial charge in [0.1, 0.15) is 6.04 Å². The molecule has 0 bridgehead atoms. The molecule has 1 unspecified atom stereocenters. The lowest BCUT2D eigenvalue weighted by atomic mass is 10.1. The highest BCUT2D eigenvalue weighted by molar-refractivity contribution is 7.99. The molecule has 0 heterocycles. The first kappa shape index (κ1) is 22.3. The number of halogens is 1. The lowest BCUT2D eigenvalue weighted by Crippen LogP contribution is -2.47. The summed E-state index contributed by atoms with van der Waals surface area (Å²) in [6.07, 6.45) is 0.354. The minimum absolute atomic E-state index is 0.0571. The summed E-state index contributed by atoms with van der Waals surface area (Å²) in [5, 5.41) is 3.39. The second-order valence-electron chi connectivity index (χ2n) is 6.60. The molecular weight excluding hydrogens is 392 g/mol. The van der Waals surface area contributed by atoms with Gasteiger partial charge in [-0.3, -0.25) is 9.59 Å². The van der Waals surface area contributed by atoms with Crippen molar-refractivity contribution in [1.82, 2.24) is 10.2 Å². The molecule has 1 N–H and O–H groups in total. The van der Waals surface area contributed by atoms with Gasteiger partial charge in [0.05, 0.1) is 0 Å². The number of hydrogen-bond donors (Lipinski definition) is 1. The maximum atomic E-state index is 12.9. The van der Waals surface area contributed by atoms with Crippen molar-refractivity contribution in [3.05, 3.63) is 64.7 Å². The van der Waals surface area contributed by atoms with Crippen LogP contribution in [0.3, 0.4) is 0 Å². The standard InChI is InChI=1S/C22H27ClN2O2S/c1-4-24-22(27)17(3)25(15-18-7-5-6-8-20(18)23)21(26)13-14-28-19-11-9-16(2)10-12-19/h5-12,17H,4,13-15H2,1-3H3,(H,24,27). The molecule has 2 aromatic rings. The van der Waals surface area contributed by atoms with E-state index in [2.05, 4.69) is 29.6 Å². The van der Waals surface area contributed by atoms with Crippen LogP contribution >= 0.6 is 23.4 Å². The second-order valence-corrected chi connectivity index (χ2v) is 8.17. The monoisotopic (exact) mass is 418 g/mol. The number of nitrogens with zero attached hydrogens (tertiary/aromatic N) is 1. The van der Waals surface area contributed by atoms with Gasteiger partial charge in [0.15, 0.2) is 0 Å². The molecule has 2 aromatic carbocycles. The zero-order chi connectivity index (χ0) is 20.5. The van der Waals surface area contributed by atoms with Gasteiger partial charge in [-0.15, -0.1) is 11.8 Å². The highest BCUT2D eigenvalue weighted by Crippen LogP contribution is 2.22. The fourth-order valence-electron chi connectivity index (χ4n) is 2.75. The molecule has 0 aliphatic rings. The van der Waals surface area contributed by atoms with E-state index in [4.69, 9.17) is 11.6 Å². The normalized spacial score (nSPS) is 11.7. The number of nitrogens with one attached hydrogen (secondary N) is 1. The van der Waals surface area contributed by atoms with Gasteiger partial charge in [-0.05, 0) is 44.5 Å². The number of carbonyl (C=O) groups excluding carboxylic acids is 2. The molecule has 0 radical (unpaired) electrons. The molecule has 0 spiro atoms. The maximum absolute atomic E-state index is 12.9. The highest BCUT2D eigenvalue weighted by atomic mass is 35.5. The van der Waals surface area contributed by atoms with Crippen LogP contribution in [0.1, 0.15) is 31.4 Å². The largest absolute Gasteiger partial charge is 0.355 e. The van der Waals surface area contributed by atoms with Crippen LogP contribution in [0.2, 0.25) is 5.02 Å². The molecule has 0 aliphatic heterocycles. The zero-order valence-corrected chi connectivity index (χ0v) is 18.1. The molecule has 28 heavy (non-hydrogen) atoms. The van der Waals surface area contributed by atoms with Gasteiger partial charge >= 0.3 is 0 Å². The fourth-order valence-corrected chi connectivity index (χ4v) is 3.79. The second kappa shape index (κ2) is 11.1. The lowest BCUT2D eigenvalue weighted by Gasteiger charge is -2.29. The van der Waals surface area contributed by atoms with Crippen molar-refractivity contribution < 1.29 is 9.59 Å². The van der Waals surface area contributed by atoms with E-state index in [9.17, 15) is 9.59 Å². The molecular formula is C22H27ClN2O2S. The third-order valence-corrected chi connectivity index (χ3v) is 5.80. The summed E-state index contributed by atoms with van der Waals surface area (Å²) >= 11 is 7.91. The van der Waals surface area contributed by atoms with Crippen molar-refractivity contribution in [2.45, 2.75) is 44.7 Å². The van der Waals surface area contributed by atoms with Gasteiger partial charge in [-0.2, -0.15) is 0 Å². The van der Waals surface area contributed by atoms with E-state index in [1.807, 2.05) is 32.0 Å². The third kappa shape index (κ3) is 6.57. The number of rotatable bonds is 9. The van der Waals surface area contributed by atoms with Crippen molar-refractivity contribution in [2.75, 3.05) is 12.3 Å². The summed E-state index contributed by atoms with van der Waals surface area (Å²) in [5.74, 6) is 0.440. The topological polar surface area (TPSA) is 49.4 Å². The average molecular weight is 419 g/mol. The van der Waals surface area contributed by atoms with E-state index in [-0.39, 0.29) is 11.8 Å². The molecule has 0 aromatic heterocycles. The first-order valence-corrected chi connectivity index (χ1v) is 10.8. The number of thioether (sulfide) groups is 1. The maximum Gasteiger partial charge on any atom is 0.242 e. The van der Waals surface area contributed by atoms with E-state index >= 15 is 0 Å². The van der Waals surface area contributed by atoms with Crippen molar-refractivity contribution in [1.29, 1.82) is 0 Å². The molecule has 6 heteroatoms. The summed E-state index contributed by atoms with van der Waals surface area (Å²) in [4.78, 5) is 28.0. The van der Waals surface area contributed by atoms with Gasteiger partial charge < -0.3 is 10.2 Å². The Labute approximate surface area is 176 Å². The van der Waals surface area contributed by atoms with Crippen molar-refractivity contribution in [3.63, 3.8) is 0 Å². The van der Waals surface area contributed by atoms with E-state index < -0.39 is 6.04 Å². The van der Waals surface area contributed by atoms with Crippen LogP contribution in [0.25, 0.3) is 0 Å². The van der Waals surface area contributed by atoms with Gasteiger partial charge in [-0.1, -0.05) is 47.5 Å². The summed E-state index contributed by atoms with van der Waals surface area (Å²) in [6.45, 7) is 6.51. The fraction of sp³-hybridized carbons (Fsp3) is 0.364. The summed E-state index contributed by atoms with van der Waals surface area (Å²) in [7, 11) is 0. The quantitative estimate of drug-likeness (QED) is 0.601. The Bertz CT molecular complexity index is 795. The van der Waals surface area contributed by atoms with E-state index in [1.165, 1.54) is 5.56 Å². The Morgan fingerprint density at radius 2 is 1.82 bits per heavy atom. The third-order valence-electron chi connectivity index (χ3n) is 4.42. The highest BCUT2D eigenvalue weighted by Gasteiger charge is 2.26. The van der Waals surface area contributed by atoms with Crippen LogP contribution in [0, 0.1) is 6.92 Å². The van der Waals surface area contributed by atoms with Gasteiger partial charge in [-0.25, -0.2) is 0 Å². The SMILES string of the molecule is CCNC(=O)C(C)N(Cc1ccccc1Cl)C(=O)CCSc1ccc(C)cc1. The predicted molar refractivity (Wildman–Crippen MR) is 117 cm³/mol. The number of hydrogen-bond acceptors (Lipinski definition) is 3. The molecule has 0 fully saturated rings. The summed E-state index contributed by atoms with van der Waals surface area (Å²) < 4.78 is 0. The van der Waals surface area contributed by atoms with Crippen LogP contribution in [0.15, 0.2) is 53.4 Å². The molecule has 2 amide bonds. The molecule has 1 atom stereocenters.